The summed E-state index contributed by atoms with van der Waals surface area (Å²) >= 11 is 0. The van der Waals surface area contributed by atoms with E-state index in [2.05, 4.69) is 26.1 Å². The minimum absolute atomic E-state index is 0.488. The van der Waals surface area contributed by atoms with Crippen LogP contribution < -0.4 is 5.32 Å². The van der Waals surface area contributed by atoms with Crippen LogP contribution in [0, 0.1) is 5.41 Å². The summed E-state index contributed by atoms with van der Waals surface area (Å²) in [7, 11) is 0. The third-order valence-corrected chi connectivity index (χ3v) is 2.91. The van der Waals surface area contributed by atoms with Crippen molar-refractivity contribution in [1.29, 1.82) is 0 Å². The first-order valence-corrected chi connectivity index (χ1v) is 5.81. The van der Waals surface area contributed by atoms with Crippen molar-refractivity contribution in [2.45, 2.75) is 65.3 Å². The molecule has 0 aliphatic heterocycles. The average Bonchev–Trinajstić information content (AvgIpc) is 2.04. The van der Waals surface area contributed by atoms with E-state index in [1.54, 1.807) is 0 Å². The van der Waals surface area contributed by atoms with E-state index in [-0.39, 0.29) is 0 Å². The van der Waals surface area contributed by atoms with E-state index in [0.717, 1.165) is 6.04 Å². The maximum Gasteiger partial charge on any atom is 0.00670 e. The molecule has 0 heterocycles. The molecule has 0 amide bonds. The van der Waals surface area contributed by atoms with Crippen molar-refractivity contribution in [1.82, 2.24) is 5.32 Å². The second-order valence-corrected chi connectivity index (χ2v) is 5.60. The van der Waals surface area contributed by atoms with Crippen LogP contribution in [0.25, 0.3) is 0 Å². The van der Waals surface area contributed by atoms with Gasteiger partial charge in [-0.05, 0) is 31.2 Å². The Kier molecular flexibility index (Phi) is 4.24. The Balaban J connectivity index is 2.04. The first-order chi connectivity index (χ1) is 6.08. The highest BCUT2D eigenvalue weighted by Crippen LogP contribution is 2.20. The Bertz CT molecular complexity index is 129. The molecule has 1 saturated carbocycles. The van der Waals surface area contributed by atoms with E-state index in [0.29, 0.717) is 5.41 Å². The van der Waals surface area contributed by atoms with Crippen LogP contribution in [0.3, 0.4) is 0 Å². The predicted molar refractivity (Wildman–Crippen MR) is 58.9 cm³/mol. The van der Waals surface area contributed by atoms with E-state index in [9.17, 15) is 0 Å². The zero-order valence-corrected chi connectivity index (χ0v) is 9.53. The highest BCUT2D eigenvalue weighted by atomic mass is 14.9. The molecular formula is C12H25N. The Morgan fingerprint density at radius 1 is 1.08 bits per heavy atom. The van der Waals surface area contributed by atoms with E-state index in [1.165, 1.54) is 45.1 Å². The third kappa shape index (κ3) is 5.30. The second kappa shape index (κ2) is 4.99. The smallest absolute Gasteiger partial charge is 0.00670 e. The SMILES string of the molecule is CC(C)(C)CCNC1CCCCC1. The lowest BCUT2D eigenvalue weighted by Gasteiger charge is -2.25. The Morgan fingerprint density at radius 2 is 1.69 bits per heavy atom. The van der Waals surface area contributed by atoms with Gasteiger partial charge in [0.25, 0.3) is 0 Å². The van der Waals surface area contributed by atoms with Gasteiger partial charge in [-0.2, -0.15) is 0 Å². The van der Waals surface area contributed by atoms with Crippen molar-refractivity contribution < 1.29 is 0 Å². The highest BCUT2D eigenvalue weighted by Gasteiger charge is 2.14. The average molecular weight is 183 g/mol. The van der Waals surface area contributed by atoms with Gasteiger partial charge in [-0.3, -0.25) is 0 Å². The number of rotatable bonds is 3. The van der Waals surface area contributed by atoms with Gasteiger partial charge < -0.3 is 5.32 Å². The fraction of sp³-hybridized carbons (Fsp3) is 1.00. The van der Waals surface area contributed by atoms with Gasteiger partial charge in [-0.15, -0.1) is 0 Å². The van der Waals surface area contributed by atoms with E-state index >= 15 is 0 Å². The van der Waals surface area contributed by atoms with Gasteiger partial charge in [0.2, 0.25) is 0 Å². The van der Waals surface area contributed by atoms with Crippen molar-refractivity contribution in [2.24, 2.45) is 5.41 Å². The summed E-state index contributed by atoms with van der Waals surface area (Å²) < 4.78 is 0. The van der Waals surface area contributed by atoms with Crippen LogP contribution in [0.5, 0.6) is 0 Å². The van der Waals surface area contributed by atoms with E-state index < -0.39 is 0 Å². The lowest BCUT2D eigenvalue weighted by atomic mass is 9.91. The zero-order chi connectivity index (χ0) is 9.73. The first kappa shape index (κ1) is 11.0. The van der Waals surface area contributed by atoms with E-state index in [1.807, 2.05) is 0 Å². The third-order valence-electron chi connectivity index (χ3n) is 2.91. The summed E-state index contributed by atoms with van der Waals surface area (Å²) in [5.74, 6) is 0. The van der Waals surface area contributed by atoms with Crippen LogP contribution >= 0.6 is 0 Å². The van der Waals surface area contributed by atoms with Gasteiger partial charge in [0.15, 0.2) is 0 Å². The molecule has 1 rings (SSSR count). The largest absolute Gasteiger partial charge is 0.314 e. The molecule has 1 heteroatoms. The van der Waals surface area contributed by atoms with Crippen molar-refractivity contribution >= 4 is 0 Å². The molecule has 1 nitrogen and oxygen atoms in total. The molecule has 0 radical (unpaired) electrons. The van der Waals surface area contributed by atoms with Crippen molar-refractivity contribution in [3.8, 4) is 0 Å². The molecule has 1 aliphatic carbocycles. The molecule has 0 atom stereocenters. The second-order valence-electron chi connectivity index (χ2n) is 5.60. The Morgan fingerprint density at radius 3 is 2.23 bits per heavy atom. The summed E-state index contributed by atoms with van der Waals surface area (Å²) in [6.45, 7) is 8.15. The lowest BCUT2D eigenvalue weighted by molar-refractivity contribution is 0.323. The fourth-order valence-corrected chi connectivity index (χ4v) is 1.96. The van der Waals surface area contributed by atoms with Crippen LogP contribution in [0.15, 0.2) is 0 Å². The van der Waals surface area contributed by atoms with Crippen LogP contribution in [0.1, 0.15) is 59.3 Å². The number of nitrogens with one attached hydrogen (secondary N) is 1. The molecule has 1 aliphatic rings. The molecule has 0 aromatic heterocycles. The summed E-state index contributed by atoms with van der Waals surface area (Å²) in [4.78, 5) is 0. The van der Waals surface area contributed by atoms with Gasteiger partial charge in [-0.25, -0.2) is 0 Å². The maximum absolute atomic E-state index is 3.68. The quantitative estimate of drug-likeness (QED) is 0.707. The summed E-state index contributed by atoms with van der Waals surface area (Å²) in [5, 5.41) is 3.68. The fourth-order valence-electron chi connectivity index (χ4n) is 1.96. The number of hydrogen-bond donors (Lipinski definition) is 1. The predicted octanol–water partition coefficient (Wildman–Crippen LogP) is 3.34. The van der Waals surface area contributed by atoms with Gasteiger partial charge in [0.1, 0.15) is 0 Å². The molecule has 0 unspecified atom stereocenters. The van der Waals surface area contributed by atoms with Crippen molar-refractivity contribution in [2.75, 3.05) is 6.54 Å². The molecule has 13 heavy (non-hydrogen) atoms. The van der Waals surface area contributed by atoms with Crippen LogP contribution in [-0.2, 0) is 0 Å². The van der Waals surface area contributed by atoms with Gasteiger partial charge in [-0.1, -0.05) is 40.0 Å². The summed E-state index contributed by atoms with van der Waals surface area (Å²) in [6, 6.07) is 0.830. The standard InChI is InChI=1S/C12H25N/c1-12(2,3)9-10-13-11-7-5-4-6-8-11/h11,13H,4-10H2,1-3H3. The molecule has 0 aromatic carbocycles. The maximum atomic E-state index is 3.68. The molecule has 0 spiro atoms. The van der Waals surface area contributed by atoms with Gasteiger partial charge in [0, 0.05) is 6.04 Å². The molecule has 1 N–H and O–H groups in total. The van der Waals surface area contributed by atoms with Crippen LogP contribution in [0.2, 0.25) is 0 Å². The highest BCUT2D eigenvalue weighted by molar-refractivity contribution is 4.73. The minimum atomic E-state index is 0.488. The molecule has 1 fully saturated rings. The zero-order valence-electron chi connectivity index (χ0n) is 9.53. The van der Waals surface area contributed by atoms with Crippen LogP contribution in [-0.4, -0.2) is 12.6 Å². The van der Waals surface area contributed by atoms with Gasteiger partial charge in [0.05, 0.1) is 0 Å². The molecule has 0 saturated heterocycles. The summed E-state index contributed by atoms with van der Waals surface area (Å²) in [5.41, 5.74) is 0.488. The number of hydrogen-bond acceptors (Lipinski definition) is 1. The van der Waals surface area contributed by atoms with Crippen LogP contribution in [0.4, 0.5) is 0 Å². The topological polar surface area (TPSA) is 12.0 Å². The normalized spacial score (nSPS) is 20.5. The Hall–Kier alpha value is -0.0400. The van der Waals surface area contributed by atoms with Crippen molar-refractivity contribution in [3.05, 3.63) is 0 Å². The first-order valence-electron chi connectivity index (χ1n) is 5.81. The summed E-state index contributed by atoms with van der Waals surface area (Å²) in [6.07, 6.45) is 8.44. The Labute approximate surface area is 83.3 Å². The lowest BCUT2D eigenvalue weighted by Crippen LogP contribution is -2.33. The molecular weight excluding hydrogens is 158 g/mol. The monoisotopic (exact) mass is 183 g/mol. The minimum Gasteiger partial charge on any atom is -0.314 e. The van der Waals surface area contributed by atoms with E-state index in [4.69, 9.17) is 0 Å². The molecule has 78 valence electrons. The van der Waals surface area contributed by atoms with Gasteiger partial charge >= 0.3 is 0 Å². The van der Waals surface area contributed by atoms with Crippen molar-refractivity contribution in [3.63, 3.8) is 0 Å². The molecule has 0 bridgehead atoms. The molecule has 0 aromatic rings.